The average Bonchev–Trinajstić information content (AvgIpc) is 2.93. The molecule has 0 spiro atoms. The molecule has 2 rings (SSSR count). The first kappa shape index (κ1) is 16.8. The minimum absolute atomic E-state index is 0.0245. The fourth-order valence-electron chi connectivity index (χ4n) is 3.32. The highest BCUT2D eigenvalue weighted by atomic mass is 16.3. The average molecular weight is 300 g/mol. The van der Waals surface area contributed by atoms with E-state index in [2.05, 4.69) is 56.9 Å². The van der Waals surface area contributed by atoms with Crippen molar-refractivity contribution in [2.75, 3.05) is 0 Å². The zero-order valence-corrected chi connectivity index (χ0v) is 14.5. The number of aliphatic hydroxyl groups is 1. The Labute approximate surface area is 134 Å². The predicted octanol–water partition coefficient (Wildman–Crippen LogP) is 3.88. The van der Waals surface area contributed by atoms with Crippen molar-refractivity contribution in [1.82, 2.24) is 9.55 Å². The van der Waals surface area contributed by atoms with Crippen molar-refractivity contribution in [2.45, 2.75) is 45.6 Å². The molecule has 0 fully saturated rings. The Hall–Kier alpha value is -1.61. The summed E-state index contributed by atoms with van der Waals surface area (Å²) in [7, 11) is 1.93. The van der Waals surface area contributed by atoms with Gasteiger partial charge < -0.3 is 9.67 Å². The monoisotopic (exact) mass is 300 g/mol. The number of aryl methyl sites for hydroxylation is 1. The van der Waals surface area contributed by atoms with Crippen molar-refractivity contribution in [1.29, 1.82) is 0 Å². The summed E-state index contributed by atoms with van der Waals surface area (Å²) in [4.78, 5) is 4.15. The van der Waals surface area contributed by atoms with Crippen LogP contribution in [0.5, 0.6) is 0 Å². The fraction of sp³-hybridized carbons (Fsp3) is 0.526. The molecule has 3 atom stereocenters. The summed E-state index contributed by atoms with van der Waals surface area (Å²) in [5, 5.41) is 11.1. The molecule has 0 saturated heterocycles. The van der Waals surface area contributed by atoms with Gasteiger partial charge in [-0.2, -0.15) is 0 Å². The Morgan fingerprint density at radius 1 is 1.05 bits per heavy atom. The molecule has 3 heteroatoms. The van der Waals surface area contributed by atoms with Gasteiger partial charge in [0, 0.05) is 7.05 Å². The van der Waals surface area contributed by atoms with Crippen LogP contribution < -0.4 is 0 Å². The Balaban J connectivity index is 2.32. The van der Waals surface area contributed by atoms with Gasteiger partial charge in [-0.05, 0) is 29.7 Å². The maximum atomic E-state index is 11.1. The molecule has 0 bridgehead atoms. The van der Waals surface area contributed by atoms with E-state index in [0.29, 0.717) is 5.92 Å². The topological polar surface area (TPSA) is 38.1 Å². The van der Waals surface area contributed by atoms with E-state index in [1.807, 2.05) is 24.6 Å². The number of rotatable bonds is 5. The molecule has 1 aromatic heterocycles. The third-order valence-electron chi connectivity index (χ3n) is 5.63. The molecule has 22 heavy (non-hydrogen) atoms. The van der Waals surface area contributed by atoms with Crippen LogP contribution in [0.25, 0.3) is 0 Å². The largest absolute Gasteiger partial charge is 0.384 e. The number of imidazole rings is 1. The molecule has 0 saturated carbocycles. The summed E-state index contributed by atoms with van der Waals surface area (Å²) in [6.07, 6.45) is 3.50. The Bertz CT molecular complexity index is 613. The lowest BCUT2D eigenvalue weighted by Crippen LogP contribution is -2.42. The summed E-state index contributed by atoms with van der Waals surface area (Å²) < 4.78 is 1.90. The molecule has 3 unspecified atom stereocenters. The molecule has 1 aromatic carbocycles. The molecule has 0 aliphatic heterocycles. The summed E-state index contributed by atoms with van der Waals surface area (Å²) in [6.45, 7) is 10.8. The summed E-state index contributed by atoms with van der Waals surface area (Å²) in [5.41, 5.74) is 1.21. The molecule has 0 aliphatic rings. The van der Waals surface area contributed by atoms with Gasteiger partial charge in [0.05, 0.1) is 18.2 Å². The van der Waals surface area contributed by atoms with Crippen LogP contribution in [0.4, 0.5) is 0 Å². The number of benzene rings is 1. The van der Waals surface area contributed by atoms with E-state index >= 15 is 0 Å². The van der Waals surface area contributed by atoms with Crippen LogP contribution in [0, 0.1) is 11.8 Å². The minimum atomic E-state index is -0.920. The zero-order chi connectivity index (χ0) is 16.5. The second-order valence-corrected chi connectivity index (χ2v) is 7.20. The molecular formula is C19H28N2O. The Morgan fingerprint density at radius 3 is 2.14 bits per heavy atom. The third-order valence-corrected chi connectivity index (χ3v) is 5.63. The van der Waals surface area contributed by atoms with Gasteiger partial charge in [0.25, 0.3) is 0 Å². The number of nitrogens with zero attached hydrogens (tertiary/aromatic N) is 2. The van der Waals surface area contributed by atoms with Crippen LogP contribution in [0.3, 0.4) is 0 Å². The van der Waals surface area contributed by atoms with E-state index < -0.39 is 5.60 Å². The molecule has 3 nitrogen and oxygen atoms in total. The summed E-state index contributed by atoms with van der Waals surface area (Å²) in [5.74, 6) is 0.373. The van der Waals surface area contributed by atoms with Gasteiger partial charge in [-0.15, -0.1) is 0 Å². The highest BCUT2D eigenvalue weighted by molar-refractivity contribution is 5.25. The first-order chi connectivity index (χ1) is 10.2. The van der Waals surface area contributed by atoms with Crippen LogP contribution in [0.15, 0.2) is 42.9 Å². The van der Waals surface area contributed by atoms with Gasteiger partial charge >= 0.3 is 0 Å². The summed E-state index contributed by atoms with van der Waals surface area (Å²) >= 11 is 0. The van der Waals surface area contributed by atoms with Crippen LogP contribution in [-0.2, 0) is 18.1 Å². The molecule has 1 heterocycles. The van der Waals surface area contributed by atoms with Crippen molar-refractivity contribution in [2.24, 2.45) is 18.9 Å². The number of aromatic nitrogens is 2. The first-order valence-electron chi connectivity index (χ1n) is 7.93. The van der Waals surface area contributed by atoms with Gasteiger partial charge in [-0.1, -0.05) is 58.0 Å². The van der Waals surface area contributed by atoms with Crippen LogP contribution in [0.2, 0.25) is 0 Å². The standard InChI is InChI=1S/C19H28N2O/c1-14(18(3,4)16-10-8-7-9-11-16)15(2)19(5,22)17-12-20-13-21(17)6/h7-15,22H,1-6H3. The van der Waals surface area contributed by atoms with E-state index in [1.54, 1.807) is 12.5 Å². The van der Waals surface area contributed by atoms with Crippen molar-refractivity contribution in [3.8, 4) is 0 Å². The molecule has 0 amide bonds. The molecule has 120 valence electrons. The minimum Gasteiger partial charge on any atom is -0.384 e. The van der Waals surface area contributed by atoms with Gasteiger partial charge in [0.1, 0.15) is 5.60 Å². The highest BCUT2D eigenvalue weighted by Gasteiger charge is 2.42. The lowest BCUT2D eigenvalue weighted by molar-refractivity contribution is -0.0395. The number of hydrogen-bond acceptors (Lipinski definition) is 2. The van der Waals surface area contributed by atoms with E-state index in [-0.39, 0.29) is 11.3 Å². The number of hydrogen-bond donors (Lipinski definition) is 1. The lowest BCUT2D eigenvalue weighted by atomic mass is 9.65. The molecular weight excluding hydrogens is 272 g/mol. The maximum absolute atomic E-state index is 11.1. The Kier molecular flexibility index (Phi) is 4.48. The van der Waals surface area contributed by atoms with Gasteiger partial charge in [-0.3, -0.25) is 0 Å². The fourth-order valence-corrected chi connectivity index (χ4v) is 3.32. The predicted molar refractivity (Wildman–Crippen MR) is 90.6 cm³/mol. The van der Waals surface area contributed by atoms with Crippen molar-refractivity contribution < 1.29 is 5.11 Å². The van der Waals surface area contributed by atoms with Crippen molar-refractivity contribution >= 4 is 0 Å². The second kappa shape index (κ2) is 5.88. The van der Waals surface area contributed by atoms with E-state index in [4.69, 9.17) is 0 Å². The van der Waals surface area contributed by atoms with E-state index in [1.165, 1.54) is 5.56 Å². The normalized spacial score (nSPS) is 17.8. The van der Waals surface area contributed by atoms with E-state index in [0.717, 1.165) is 5.69 Å². The van der Waals surface area contributed by atoms with Gasteiger partial charge in [-0.25, -0.2) is 4.98 Å². The van der Waals surface area contributed by atoms with Crippen molar-refractivity contribution in [3.05, 3.63) is 54.1 Å². The van der Waals surface area contributed by atoms with Gasteiger partial charge in [0.2, 0.25) is 0 Å². The zero-order valence-electron chi connectivity index (χ0n) is 14.5. The summed E-state index contributed by atoms with van der Waals surface area (Å²) in [6, 6.07) is 10.5. The Morgan fingerprint density at radius 2 is 1.64 bits per heavy atom. The first-order valence-corrected chi connectivity index (χ1v) is 7.93. The van der Waals surface area contributed by atoms with E-state index in [9.17, 15) is 5.11 Å². The smallest absolute Gasteiger partial charge is 0.106 e. The van der Waals surface area contributed by atoms with Crippen LogP contribution in [-0.4, -0.2) is 14.7 Å². The third kappa shape index (κ3) is 2.82. The maximum Gasteiger partial charge on any atom is 0.106 e. The van der Waals surface area contributed by atoms with Crippen LogP contribution >= 0.6 is 0 Å². The molecule has 0 aliphatic carbocycles. The second-order valence-electron chi connectivity index (χ2n) is 7.20. The van der Waals surface area contributed by atoms with Crippen molar-refractivity contribution in [3.63, 3.8) is 0 Å². The quantitative estimate of drug-likeness (QED) is 0.910. The van der Waals surface area contributed by atoms with Crippen LogP contribution in [0.1, 0.15) is 45.9 Å². The highest BCUT2D eigenvalue weighted by Crippen LogP contribution is 2.43. The lowest BCUT2D eigenvalue weighted by Gasteiger charge is -2.42. The van der Waals surface area contributed by atoms with Gasteiger partial charge in [0.15, 0.2) is 0 Å². The SMILES string of the molecule is CC(C(C)C(C)(O)c1cncn1C)C(C)(C)c1ccccc1. The molecule has 0 radical (unpaired) electrons. The molecule has 2 aromatic rings. The molecule has 1 N–H and O–H groups in total.